The van der Waals surface area contributed by atoms with Crippen molar-refractivity contribution < 1.29 is 34.8 Å². The summed E-state index contributed by atoms with van der Waals surface area (Å²) in [5, 5.41) is 38.2. The van der Waals surface area contributed by atoms with Gasteiger partial charge in [-0.1, -0.05) is 18.2 Å². The second-order valence-corrected chi connectivity index (χ2v) is 5.36. The number of hydrogen-bond acceptors (Lipinski definition) is 7. The number of fused-ring (bicyclic) bond motifs is 1. The van der Waals surface area contributed by atoms with Gasteiger partial charge in [0.1, 0.15) is 18.3 Å². The maximum absolute atomic E-state index is 12.0. The first-order chi connectivity index (χ1) is 11.5. The van der Waals surface area contributed by atoms with Crippen molar-refractivity contribution in [3.8, 4) is 0 Å². The van der Waals surface area contributed by atoms with Gasteiger partial charge in [0.15, 0.2) is 12.4 Å². The first-order valence-electron chi connectivity index (χ1n) is 7.32. The minimum atomic E-state index is -1.85. The molecule has 0 fully saturated rings. The van der Waals surface area contributed by atoms with Crippen LogP contribution < -0.4 is 0 Å². The van der Waals surface area contributed by atoms with E-state index in [1.165, 1.54) is 0 Å². The summed E-state index contributed by atoms with van der Waals surface area (Å²) < 4.78 is 4.88. The topological polar surface area (TPSA) is 140 Å². The number of ether oxygens (including phenoxy) is 1. The summed E-state index contributed by atoms with van der Waals surface area (Å²) in [5.74, 6) is -0.776. The van der Waals surface area contributed by atoms with E-state index >= 15 is 0 Å². The molecule has 0 saturated carbocycles. The molecule has 24 heavy (non-hydrogen) atoms. The summed E-state index contributed by atoms with van der Waals surface area (Å²) in [6.45, 7) is -0.812. The molecule has 0 amide bonds. The Morgan fingerprint density at radius 1 is 1.21 bits per heavy atom. The molecule has 0 aliphatic rings. The fourth-order valence-corrected chi connectivity index (χ4v) is 2.33. The largest absolute Gasteiger partial charge is 0.451 e. The van der Waals surface area contributed by atoms with E-state index < -0.39 is 37.0 Å². The maximum Gasteiger partial charge on any atom is 0.311 e. The average Bonchev–Trinajstić information content (AvgIpc) is 3.00. The zero-order valence-electron chi connectivity index (χ0n) is 12.7. The van der Waals surface area contributed by atoms with E-state index in [1.807, 2.05) is 24.3 Å². The van der Waals surface area contributed by atoms with Crippen LogP contribution in [0.3, 0.4) is 0 Å². The van der Waals surface area contributed by atoms with Gasteiger partial charge >= 0.3 is 5.97 Å². The van der Waals surface area contributed by atoms with Crippen LogP contribution in [0.4, 0.5) is 0 Å². The van der Waals surface area contributed by atoms with E-state index in [4.69, 9.17) is 9.84 Å². The lowest BCUT2D eigenvalue weighted by Gasteiger charge is -2.25. The van der Waals surface area contributed by atoms with Crippen molar-refractivity contribution >= 4 is 23.2 Å². The Labute approximate surface area is 137 Å². The number of carbonyl (C=O) groups is 2. The van der Waals surface area contributed by atoms with E-state index in [0.717, 1.165) is 10.9 Å². The number of H-pyrrole nitrogens is 1. The third-order valence-electron chi connectivity index (χ3n) is 3.68. The van der Waals surface area contributed by atoms with Crippen LogP contribution in [0.1, 0.15) is 5.56 Å². The predicted molar refractivity (Wildman–Crippen MR) is 83.1 cm³/mol. The second-order valence-electron chi connectivity index (χ2n) is 5.36. The molecule has 1 aromatic carbocycles. The molecule has 0 unspecified atom stereocenters. The van der Waals surface area contributed by atoms with Crippen molar-refractivity contribution in [3.05, 3.63) is 36.0 Å². The van der Waals surface area contributed by atoms with Gasteiger partial charge in [-0.15, -0.1) is 0 Å². The molecular weight excluding hydrogens is 318 g/mol. The highest BCUT2D eigenvalue weighted by Gasteiger charge is 2.33. The molecule has 0 bridgehead atoms. The summed E-state index contributed by atoms with van der Waals surface area (Å²) in [4.78, 5) is 26.0. The molecule has 0 radical (unpaired) electrons. The SMILES string of the molecule is O=C[C@H](OC(=O)Cc1c[nH]c2ccccc12)[C@@H](O)[C@H](O)[C@H](O)CO. The summed E-state index contributed by atoms with van der Waals surface area (Å²) in [5.41, 5.74) is 1.50. The highest BCUT2D eigenvalue weighted by atomic mass is 16.6. The lowest BCUT2D eigenvalue weighted by molar-refractivity contribution is -0.167. The molecule has 2 rings (SSSR count). The molecule has 0 saturated heterocycles. The normalized spacial score (nSPS) is 16.3. The Bertz CT molecular complexity index is 699. The van der Waals surface area contributed by atoms with Crippen LogP contribution in [0.2, 0.25) is 0 Å². The third-order valence-corrected chi connectivity index (χ3v) is 3.68. The van der Waals surface area contributed by atoms with Crippen LogP contribution in [0, 0.1) is 0 Å². The standard InChI is InChI=1S/C16H19NO7/c18-7-12(20)15(22)16(23)13(8-19)24-14(21)5-9-6-17-11-4-2-1-3-10(9)11/h1-4,6,8,12-13,15-18,20,22-23H,5,7H2/t12-,13+,15-,16-/m1/s1. The number of esters is 1. The lowest BCUT2D eigenvalue weighted by atomic mass is 10.0. The van der Waals surface area contributed by atoms with Crippen molar-refractivity contribution in [2.24, 2.45) is 0 Å². The maximum atomic E-state index is 12.0. The number of aldehydes is 1. The summed E-state index contributed by atoms with van der Waals surface area (Å²) in [6, 6.07) is 7.32. The molecule has 0 aliphatic carbocycles. The number of hydrogen-bond donors (Lipinski definition) is 5. The van der Waals surface area contributed by atoms with Gasteiger partial charge in [0, 0.05) is 17.1 Å². The van der Waals surface area contributed by atoms with Gasteiger partial charge < -0.3 is 30.1 Å². The van der Waals surface area contributed by atoms with E-state index in [-0.39, 0.29) is 12.7 Å². The monoisotopic (exact) mass is 337 g/mol. The summed E-state index contributed by atoms with van der Waals surface area (Å²) in [6.07, 6.45) is -5.33. The molecule has 8 heteroatoms. The van der Waals surface area contributed by atoms with Crippen LogP contribution in [0.5, 0.6) is 0 Å². The molecule has 8 nitrogen and oxygen atoms in total. The van der Waals surface area contributed by atoms with Crippen LogP contribution in [-0.4, -0.2) is 68.7 Å². The Morgan fingerprint density at radius 2 is 1.92 bits per heavy atom. The molecule has 0 aliphatic heterocycles. The summed E-state index contributed by atoms with van der Waals surface area (Å²) in [7, 11) is 0. The predicted octanol–water partition coefficient (Wildman–Crippen LogP) is -1.10. The van der Waals surface area contributed by atoms with Crippen LogP contribution in [-0.2, 0) is 20.7 Å². The first kappa shape index (κ1) is 18.1. The smallest absolute Gasteiger partial charge is 0.311 e. The molecule has 1 heterocycles. The Hall–Kier alpha value is -2.26. The van der Waals surface area contributed by atoms with Crippen molar-refractivity contribution in [1.29, 1.82) is 0 Å². The summed E-state index contributed by atoms with van der Waals surface area (Å²) >= 11 is 0. The fourth-order valence-electron chi connectivity index (χ4n) is 2.33. The van der Waals surface area contributed by atoms with Crippen LogP contribution >= 0.6 is 0 Å². The zero-order chi connectivity index (χ0) is 17.7. The van der Waals surface area contributed by atoms with E-state index in [0.29, 0.717) is 5.56 Å². The van der Waals surface area contributed by atoms with Gasteiger partial charge in [-0.3, -0.25) is 9.59 Å². The Kier molecular flexibility index (Phi) is 6.04. The first-order valence-corrected chi connectivity index (χ1v) is 7.32. The third kappa shape index (κ3) is 3.98. The van der Waals surface area contributed by atoms with Gasteiger partial charge in [-0.25, -0.2) is 0 Å². The molecule has 4 atom stereocenters. The van der Waals surface area contributed by atoms with Crippen LogP contribution in [0.15, 0.2) is 30.5 Å². The van der Waals surface area contributed by atoms with E-state index in [9.17, 15) is 24.9 Å². The highest BCUT2D eigenvalue weighted by molar-refractivity contribution is 5.87. The lowest BCUT2D eigenvalue weighted by Crippen LogP contribution is -2.48. The van der Waals surface area contributed by atoms with E-state index in [2.05, 4.69) is 4.98 Å². The van der Waals surface area contributed by atoms with Gasteiger partial charge in [0.05, 0.1) is 13.0 Å². The quantitative estimate of drug-likeness (QED) is 0.304. The molecular formula is C16H19NO7. The number of aromatic amines is 1. The highest BCUT2D eigenvalue weighted by Crippen LogP contribution is 2.19. The number of aromatic nitrogens is 1. The number of aliphatic hydroxyl groups is 4. The van der Waals surface area contributed by atoms with Crippen LogP contribution in [0.25, 0.3) is 10.9 Å². The molecule has 2 aromatic rings. The van der Waals surface area contributed by atoms with Crippen molar-refractivity contribution in [2.75, 3.05) is 6.61 Å². The molecule has 1 aromatic heterocycles. The minimum Gasteiger partial charge on any atom is -0.451 e. The second kappa shape index (κ2) is 8.02. The number of carbonyl (C=O) groups excluding carboxylic acids is 2. The average molecular weight is 337 g/mol. The zero-order valence-corrected chi connectivity index (χ0v) is 12.7. The number of para-hydroxylation sites is 1. The fraction of sp³-hybridized carbons (Fsp3) is 0.375. The minimum absolute atomic E-state index is 0.139. The molecule has 5 N–H and O–H groups in total. The Balaban J connectivity index is 2.03. The number of nitrogens with one attached hydrogen (secondary N) is 1. The van der Waals surface area contributed by atoms with Crippen molar-refractivity contribution in [1.82, 2.24) is 4.98 Å². The number of rotatable bonds is 8. The molecule has 0 spiro atoms. The van der Waals surface area contributed by atoms with Gasteiger partial charge in [-0.05, 0) is 11.6 Å². The van der Waals surface area contributed by atoms with E-state index in [1.54, 1.807) is 6.20 Å². The van der Waals surface area contributed by atoms with Gasteiger partial charge in [-0.2, -0.15) is 0 Å². The van der Waals surface area contributed by atoms with Crippen molar-refractivity contribution in [3.63, 3.8) is 0 Å². The van der Waals surface area contributed by atoms with Gasteiger partial charge in [0.2, 0.25) is 0 Å². The number of benzene rings is 1. The number of aliphatic hydroxyl groups excluding tert-OH is 4. The van der Waals surface area contributed by atoms with Crippen molar-refractivity contribution in [2.45, 2.75) is 30.8 Å². The van der Waals surface area contributed by atoms with Gasteiger partial charge in [0.25, 0.3) is 0 Å². The Morgan fingerprint density at radius 3 is 2.58 bits per heavy atom. The molecule has 130 valence electrons.